The van der Waals surface area contributed by atoms with Crippen molar-refractivity contribution in [3.63, 3.8) is 0 Å². The zero-order valence-electron chi connectivity index (χ0n) is 14.9. The number of H-pyrrole nitrogens is 1. The van der Waals surface area contributed by atoms with Gasteiger partial charge >= 0.3 is 0 Å². The molecule has 3 aromatic heterocycles. The van der Waals surface area contributed by atoms with Crippen LogP contribution >= 0.6 is 11.3 Å². The number of fused-ring (bicyclic) bond motifs is 1. The lowest BCUT2D eigenvalue weighted by Crippen LogP contribution is -2.19. The lowest BCUT2D eigenvalue weighted by Gasteiger charge is -2.08. The molecule has 1 N–H and O–H groups in total. The van der Waals surface area contributed by atoms with Gasteiger partial charge in [0.1, 0.15) is 16.7 Å². The van der Waals surface area contributed by atoms with E-state index in [0.717, 1.165) is 20.8 Å². The van der Waals surface area contributed by atoms with E-state index in [1.807, 2.05) is 52.0 Å². The summed E-state index contributed by atoms with van der Waals surface area (Å²) < 4.78 is 0. The lowest BCUT2D eigenvalue weighted by molar-refractivity contribution is 0.462. The first-order valence-corrected chi connectivity index (χ1v) is 9.12. The highest BCUT2D eigenvalue weighted by molar-refractivity contribution is 7.18. The van der Waals surface area contributed by atoms with E-state index in [4.69, 9.17) is 0 Å². The van der Waals surface area contributed by atoms with Gasteiger partial charge in [-0.15, -0.1) is 21.5 Å². The molecule has 0 saturated heterocycles. The van der Waals surface area contributed by atoms with Crippen LogP contribution in [0.5, 0.6) is 0 Å². The van der Waals surface area contributed by atoms with E-state index in [-0.39, 0.29) is 11.6 Å². The molecule has 0 bridgehead atoms. The zero-order chi connectivity index (χ0) is 18.4. The number of aromatic amines is 1. The van der Waals surface area contributed by atoms with E-state index in [1.165, 1.54) is 21.7 Å². The highest BCUT2D eigenvalue weighted by Crippen LogP contribution is 2.27. The van der Waals surface area contributed by atoms with E-state index in [9.17, 15) is 4.79 Å². The minimum Gasteiger partial charge on any atom is -0.308 e. The van der Waals surface area contributed by atoms with Gasteiger partial charge in [0.2, 0.25) is 5.82 Å². The molecule has 0 fully saturated rings. The van der Waals surface area contributed by atoms with Crippen molar-refractivity contribution in [3.8, 4) is 11.4 Å². The van der Waals surface area contributed by atoms with Crippen molar-refractivity contribution in [3.05, 3.63) is 56.4 Å². The van der Waals surface area contributed by atoms with Gasteiger partial charge in [0.05, 0.1) is 5.39 Å². The molecular weight excluding hydrogens is 348 g/mol. The normalized spacial score (nSPS) is 12.6. The van der Waals surface area contributed by atoms with Crippen molar-refractivity contribution in [2.75, 3.05) is 0 Å². The van der Waals surface area contributed by atoms with Gasteiger partial charge in [-0.25, -0.2) is 4.98 Å². The number of tetrazole rings is 1. The van der Waals surface area contributed by atoms with Crippen molar-refractivity contribution in [1.29, 1.82) is 0 Å². The summed E-state index contributed by atoms with van der Waals surface area (Å²) in [4.78, 5) is 23.3. The Bertz CT molecular complexity index is 1150. The molecule has 1 aromatic carbocycles. The van der Waals surface area contributed by atoms with E-state index in [0.29, 0.717) is 17.0 Å². The number of nitrogens with one attached hydrogen (secondary N) is 1. The fraction of sp³-hybridized carbons (Fsp3) is 0.278. The summed E-state index contributed by atoms with van der Waals surface area (Å²) in [6.07, 6.45) is 0. The number of nitrogens with zero attached hydrogens (tertiary/aromatic N) is 5. The molecule has 3 heterocycles. The Hall–Kier alpha value is -2.87. The Morgan fingerprint density at radius 1 is 1.15 bits per heavy atom. The fourth-order valence-electron chi connectivity index (χ4n) is 2.79. The Morgan fingerprint density at radius 3 is 2.62 bits per heavy atom. The van der Waals surface area contributed by atoms with Crippen LogP contribution < -0.4 is 5.56 Å². The monoisotopic (exact) mass is 366 g/mol. The summed E-state index contributed by atoms with van der Waals surface area (Å²) in [5.74, 6) is 1.07. The molecule has 4 rings (SSSR count). The third-order valence-electron chi connectivity index (χ3n) is 4.54. The van der Waals surface area contributed by atoms with Gasteiger partial charge in [-0.3, -0.25) is 4.79 Å². The summed E-state index contributed by atoms with van der Waals surface area (Å²) in [7, 11) is 0. The summed E-state index contributed by atoms with van der Waals surface area (Å²) >= 11 is 1.53. The molecule has 0 radical (unpaired) electrons. The van der Waals surface area contributed by atoms with Crippen LogP contribution in [0.1, 0.15) is 34.8 Å². The Kier molecular flexibility index (Phi) is 3.91. The predicted molar refractivity (Wildman–Crippen MR) is 102 cm³/mol. The van der Waals surface area contributed by atoms with Crippen molar-refractivity contribution >= 4 is 21.6 Å². The topological polar surface area (TPSA) is 89.4 Å². The highest BCUT2D eigenvalue weighted by atomic mass is 32.1. The largest absolute Gasteiger partial charge is 0.308 e. The van der Waals surface area contributed by atoms with Crippen LogP contribution in [0.25, 0.3) is 21.6 Å². The second-order valence-corrected chi connectivity index (χ2v) is 7.59. The number of aryl methyl sites for hydroxylation is 3. The van der Waals surface area contributed by atoms with Crippen LogP contribution in [-0.2, 0) is 0 Å². The maximum atomic E-state index is 12.5. The number of hydrogen-bond donors (Lipinski definition) is 1. The van der Waals surface area contributed by atoms with E-state index in [1.54, 1.807) is 0 Å². The van der Waals surface area contributed by atoms with Gasteiger partial charge in [0, 0.05) is 10.4 Å². The molecule has 0 saturated carbocycles. The minimum atomic E-state index is -0.332. The van der Waals surface area contributed by atoms with E-state index < -0.39 is 0 Å². The first-order chi connectivity index (χ1) is 12.4. The van der Waals surface area contributed by atoms with Crippen LogP contribution in [0.3, 0.4) is 0 Å². The van der Waals surface area contributed by atoms with Gasteiger partial charge < -0.3 is 4.98 Å². The van der Waals surface area contributed by atoms with E-state index >= 15 is 0 Å². The molecule has 8 heteroatoms. The average molecular weight is 366 g/mol. The van der Waals surface area contributed by atoms with Crippen LogP contribution in [0, 0.1) is 20.8 Å². The van der Waals surface area contributed by atoms with Gasteiger partial charge in [0.25, 0.3) is 5.56 Å². The van der Waals surface area contributed by atoms with Gasteiger partial charge in [-0.1, -0.05) is 29.8 Å². The van der Waals surface area contributed by atoms with Crippen LogP contribution in [0.2, 0.25) is 0 Å². The quantitative estimate of drug-likeness (QED) is 0.601. The first kappa shape index (κ1) is 16.6. The molecule has 0 aliphatic heterocycles. The summed E-state index contributed by atoms with van der Waals surface area (Å²) in [6, 6.07) is 7.61. The number of hydrogen-bond acceptors (Lipinski definition) is 6. The van der Waals surface area contributed by atoms with Gasteiger partial charge in [-0.2, -0.15) is 4.80 Å². The van der Waals surface area contributed by atoms with E-state index in [2.05, 4.69) is 25.4 Å². The maximum absolute atomic E-state index is 12.5. The number of thiophene rings is 1. The highest BCUT2D eigenvalue weighted by Gasteiger charge is 2.18. The number of rotatable bonds is 3. The van der Waals surface area contributed by atoms with Gasteiger partial charge in [-0.05, 0) is 38.5 Å². The van der Waals surface area contributed by atoms with Crippen molar-refractivity contribution in [2.24, 2.45) is 0 Å². The molecule has 7 nitrogen and oxygen atoms in total. The second-order valence-electron chi connectivity index (χ2n) is 6.39. The predicted octanol–water partition coefficient (Wildman–Crippen LogP) is 3.17. The van der Waals surface area contributed by atoms with Gasteiger partial charge in [0.15, 0.2) is 0 Å². The Morgan fingerprint density at radius 2 is 1.88 bits per heavy atom. The van der Waals surface area contributed by atoms with Crippen molar-refractivity contribution in [2.45, 2.75) is 33.7 Å². The number of benzene rings is 1. The Balaban J connectivity index is 1.72. The molecule has 1 atom stereocenters. The smallest absolute Gasteiger partial charge is 0.259 e. The summed E-state index contributed by atoms with van der Waals surface area (Å²) in [6.45, 7) is 7.86. The van der Waals surface area contributed by atoms with Crippen LogP contribution in [0.15, 0.2) is 29.1 Å². The molecule has 4 aromatic rings. The molecule has 0 unspecified atom stereocenters. The lowest BCUT2D eigenvalue weighted by atomic mass is 10.1. The van der Waals surface area contributed by atoms with Crippen molar-refractivity contribution in [1.82, 2.24) is 30.2 Å². The molecule has 0 spiro atoms. The fourth-order valence-corrected chi connectivity index (χ4v) is 3.82. The first-order valence-electron chi connectivity index (χ1n) is 8.30. The summed E-state index contributed by atoms with van der Waals surface area (Å²) in [5, 5.41) is 13.4. The molecular formula is C18H18N6OS. The number of aromatic nitrogens is 6. The summed E-state index contributed by atoms with van der Waals surface area (Å²) in [5.41, 5.74) is 2.93. The SMILES string of the molecule is Cc1ccc(-c2nnn([C@@H](C)c3nc4sc(C)c(C)c4c(=O)[nH]3)n2)cc1. The maximum Gasteiger partial charge on any atom is 0.259 e. The molecule has 0 amide bonds. The minimum absolute atomic E-state index is 0.127. The standard InChI is InChI=1S/C18H18N6OS/c1-9-5-7-13(8-6-9)16-21-23-24(22-16)11(3)15-19-17(25)14-10(2)12(4)26-18(14)20-15/h5-8,11H,1-4H3,(H,19,20,25)/t11-/m0/s1. The average Bonchev–Trinajstić information content (AvgIpc) is 3.21. The van der Waals surface area contributed by atoms with Crippen LogP contribution in [-0.4, -0.2) is 30.2 Å². The molecule has 0 aliphatic carbocycles. The third-order valence-corrected chi connectivity index (χ3v) is 5.64. The third kappa shape index (κ3) is 2.72. The Labute approximate surface area is 153 Å². The van der Waals surface area contributed by atoms with Crippen LogP contribution in [0.4, 0.5) is 0 Å². The second kappa shape index (κ2) is 6.14. The molecule has 0 aliphatic rings. The molecule has 26 heavy (non-hydrogen) atoms. The zero-order valence-corrected chi connectivity index (χ0v) is 15.8. The molecule has 132 valence electrons. The van der Waals surface area contributed by atoms with Crippen molar-refractivity contribution < 1.29 is 0 Å².